The van der Waals surface area contributed by atoms with Crippen LogP contribution in [-0.2, 0) is 7.05 Å². The summed E-state index contributed by atoms with van der Waals surface area (Å²) in [6.45, 7) is 1.76. The van der Waals surface area contributed by atoms with Crippen molar-refractivity contribution in [1.29, 1.82) is 0 Å². The van der Waals surface area contributed by atoms with E-state index in [-0.39, 0.29) is 0 Å². The SMILES string of the molecule is Cn1cnc2ccc(NC3=NCCN3)cc21. The number of hydrogen-bond acceptors (Lipinski definition) is 4. The smallest absolute Gasteiger partial charge is 0.195 e. The summed E-state index contributed by atoms with van der Waals surface area (Å²) in [5, 5.41) is 6.43. The Bertz CT molecular complexity index is 555. The lowest BCUT2D eigenvalue weighted by Crippen LogP contribution is -2.26. The molecule has 1 aromatic carbocycles. The Labute approximate surface area is 93.2 Å². The highest BCUT2D eigenvalue weighted by molar-refractivity contribution is 5.96. The molecular weight excluding hydrogens is 202 g/mol. The van der Waals surface area contributed by atoms with Crippen molar-refractivity contribution in [1.82, 2.24) is 14.9 Å². The van der Waals surface area contributed by atoms with Gasteiger partial charge < -0.3 is 15.2 Å². The Kier molecular flexibility index (Phi) is 2.02. The summed E-state index contributed by atoms with van der Waals surface area (Å²) >= 11 is 0. The molecule has 16 heavy (non-hydrogen) atoms. The number of imidazole rings is 1. The van der Waals surface area contributed by atoms with E-state index in [1.165, 1.54) is 0 Å². The Hall–Kier alpha value is -2.04. The van der Waals surface area contributed by atoms with Crippen LogP contribution >= 0.6 is 0 Å². The van der Waals surface area contributed by atoms with E-state index in [0.29, 0.717) is 0 Å². The Morgan fingerprint density at radius 1 is 1.44 bits per heavy atom. The van der Waals surface area contributed by atoms with Crippen LogP contribution in [0.15, 0.2) is 29.5 Å². The zero-order valence-electron chi connectivity index (χ0n) is 9.07. The second-order valence-corrected chi connectivity index (χ2v) is 3.84. The molecule has 0 saturated carbocycles. The Morgan fingerprint density at radius 3 is 3.19 bits per heavy atom. The molecule has 0 saturated heterocycles. The maximum Gasteiger partial charge on any atom is 0.195 e. The Morgan fingerprint density at radius 2 is 2.38 bits per heavy atom. The number of aromatic nitrogens is 2. The summed E-state index contributed by atoms with van der Waals surface area (Å²) in [5.74, 6) is 0.849. The van der Waals surface area contributed by atoms with E-state index < -0.39 is 0 Å². The summed E-state index contributed by atoms with van der Waals surface area (Å²) in [6, 6.07) is 6.09. The van der Waals surface area contributed by atoms with Crippen molar-refractivity contribution in [3.05, 3.63) is 24.5 Å². The van der Waals surface area contributed by atoms with Gasteiger partial charge >= 0.3 is 0 Å². The number of guanidine groups is 1. The first-order chi connectivity index (χ1) is 7.83. The molecule has 2 N–H and O–H groups in total. The van der Waals surface area contributed by atoms with Gasteiger partial charge in [0.1, 0.15) is 0 Å². The number of benzene rings is 1. The monoisotopic (exact) mass is 215 g/mol. The normalized spacial score (nSPS) is 14.9. The Balaban J connectivity index is 1.94. The summed E-state index contributed by atoms with van der Waals surface area (Å²) in [5.41, 5.74) is 3.15. The molecule has 82 valence electrons. The fraction of sp³-hybridized carbons (Fsp3) is 0.273. The molecule has 2 heterocycles. The van der Waals surface area contributed by atoms with Crippen molar-refractivity contribution in [3.8, 4) is 0 Å². The summed E-state index contributed by atoms with van der Waals surface area (Å²) in [4.78, 5) is 8.57. The highest BCUT2D eigenvalue weighted by Crippen LogP contribution is 2.17. The fourth-order valence-corrected chi connectivity index (χ4v) is 1.82. The zero-order chi connectivity index (χ0) is 11.0. The highest BCUT2D eigenvalue weighted by atomic mass is 15.2. The van der Waals surface area contributed by atoms with Crippen molar-refractivity contribution in [2.45, 2.75) is 0 Å². The third-order valence-corrected chi connectivity index (χ3v) is 2.66. The van der Waals surface area contributed by atoms with Gasteiger partial charge in [0.2, 0.25) is 0 Å². The summed E-state index contributed by atoms with van der Waals surface area (Å²) < 4.78 is 2.00. The van der Waals surface area contributed by atoms with Gasteiger partial charge in [0.05, 0.1) is 23.9 Å². The summed E-state index contributed by atoms with van der Waals surface area (Å²) in [7, 11) is 1.99. The average Bonchev–Trinajstić information content (AvgIpc) is 2.90. The van der Waals surface area contributed by atoms with Gasteiger partial charge in [-0.25, -0.2) is 4.98 Å². The number of nitrogens with one attached hydrogen (secondary N) is 2. The van der Waals surface area contributed by atoms with E-state index in [1.807, 2.05) is 30.1 Å². The van der Waals surface area contributed by atoms with Crippen molar-refractivity contribution in [2.75, 3.05) is 18.4 Å². The number of rotatable bonds is 1. The van der Waals surface area contributed by atoms with Gasteiger partial charge in [-0.05, 0) is 18.2 Å². The topological polar surface area (TPSA) is 54.2 Å². The molecule has 0 aliphatic carbocycles. The minimum absolute atomic E-state index is 0.844. The van der Waals surface area contributed by atoms with Crippen molar-refractivity contribution in [3.63, 3.8) is 0 Å². The van der Waals surface area contributed by atoms with E-state index in [9.17, 15) is 0 Å². The molecule has 0 amide bonds. The lowest BCUT2D eigenvalue weighted by atomic mass is 10.3. The molecule has 2 aromatic rings. The van der Waals surface area contributed by atoms with Crippen molar-refractivity contribution < 1.29 is 0 Å². The molecule has 5 heteroatoms. The molecule has 0 bridgehead atoms. The number of anilines is 1. The molecule has 1 aromatic heterocycles. The van der Waals surface area contributed by atoms with Crippen LogP contribution in [0.2, 0.25) is 0 Å². The van der Waals surface area contributed by atoms with Crippen LogP contribution in [0.3, 0.4) is 0 Å². The van der Waals surface area contributed by atoms with Crippen molar-refractivity contribution in [2.24, 2.45) is 12.0 Å². The second kappa shape index (κ2) is 3.52. The van der Waals surface area contributed by atoms with Gasteiger partial charge in [0, 0.05) is 19.3 Å². The van der Waals surface area contributed by atoms with Crippen LogP contribution in [0.1, 0.15) is 0 Å². The van der Waals surface area contributed by atoms with Crippen LogP contribution in [0.4, 0.5) is 5.69 Å². The molecule has 0 unspecified atom stereocenters. The van der Waals surface area contributed by atoms with E-state index in [0.717, 1.165) is 35.8 Å². The maximum absolute atomic E-state index is 4.29. The quantitative estimate of drug-likeness (QED) is 0.744. The maximum atomic E-state index is 4.29. The minimum atomic E-state index is 0.844. The summed E-state index contributed by atoms with van der Waals surface area (Å²) in [6.07, 6.45) is 1.82. The molecule has 0 fully saturated rings. The van der Waals surface area contributed by atoms with Crippen LogP contribution in [0.25, 0.3) is 11.0 Å². The number of fused-ring (bicyclic) bond motifs is 1. The lowest BCUT2D eigenvalue weighted by Gasteiger charge is -2.06. The third kappa shape index (κ3) is 1.50. The van der Waals surface area contributed by atoms with Gasteiger partial charge in [-0.1, -0.05) is 0 Å². The molecule has 3 rings (SSSR count). The molecule has 0 atom stereocenters. The van der Waals surface area contributed by atoms with Crippen LogP contribution in [0.5, 0.6) is 0 Å². The molecule has 0 radical (unpaired) electrons. The van der Waals surface area contributed by atoms with Crippen LogP contribution in [-0.4, -0.2) is 28.6 Å². The predicted molar refractivity (Wildman–Crippen MR) is 64.6 cm³/mol. The first-order valence-electron chi connectivity index (χ1n) is 5.29. The fourth-order valence-electron chi connectivity index (χ4n) is 1.82. The van der Waals surface area contributed by atoms with E-state index in [2.05, 4.69) is 26.7 Å². The third-order valence-electron chi connectivity index (χ3n) is 2.66. The van der Waals surface area contributed by atoms with Crippen molar-refractivity contribution >= 4 is 22.7 Å². The van der Waals surface area contributed by atoms with E-state index >= 15 is 0 Å². The molecule has 0 spiro atoms. The van der Waals surface area contributed by atoms with Gasteiger partial charge in [-0.2, -0.15) is 0 Å². The van der Waals surface area contributed by atoms with Crippen LogP contribution in [0, 0.1) is 0 Å². The zero-order valence-corrected chi connectivity index (χ0v) is 9.07. The highest BCUT2D eigenvalue weighted by Gasteiger charge is 2.06. The van der Waals surface area contributed by atoms with Gasteiger partial charge in [0.25, 0.3) is 0 Å². The van der Waals surface area contributed by atoms with E-state index in [1.54, 1.807) is 0 Å². The van der Waals surface area contributed by atoms with E-state index in [4.69, 9.17) is 0 Å². The number of nitrogens with zero attached hydrogens (tertiary/aromatic N) is 3. The molecule has 1 aliphatic heterocycles. The second-order valence-electron chi connectivity index (χ2n) is 3.84. The molecule has 1 aliphatic rings. The molecular formula is C11H13N5. The number of hydrogen-bond donors (Lipinski definition) is 2. The van der Waals surface area contributed by atoms with Gasteiger partial charge in [-0.15, -0.1) is 0 Å². The average molecular weight is 215 g/mol. The number of aryl methyl sites for hydroxylation is 1. The molecule has 5 nitrogen and oxygen atoms in total. The minimum Gasteiger partial charge on any atom is -0.354 e. The number of aliphatic imine (C=N–C) groups is 1. The first kappa shape index (κ1) is 9.21. The largest absolute Gasteiger partial charge is 0.354 e. The van der Waals surface area contributed by atoms with Gasteiger partial charge in [-0.3, -0.25) is 4.99 Å². The lowest BCUT2D eigenvalue weighted by molar-refractivity contribution is 0.947. The predicted octanol–water partition coefficient (Wildman–Crippen LogP) is 0.944. The first-order valence-corrected chi connectivity index (χ1v) is 5.29. The standard InChI is InChI=1S/C11H13N5/c1-16-7-14-9-3-2-8(6-10(9)16)15-11-12-4-5-13-11/h2-3,6-7H,4-5H2,1H3,(H2,12,13,15). The van der Waals surface area contributed by atoms with Crippen LogP contribution < -0.4 is 10.6 Å². The van der Waals surface area contributed by atoms with Gasteiger partial charge in [0.15, 0.2) is 5.96 Å².